The lowest BCUT2D eigenvalue weighted by atomic mass is 10.0. The molecular weight excluding hydrogens is 246 g/mol. The largest absolute Gasteiger partial charge is 0.316 e. The molecule has 20 heavy (non-hydrogen) atoms. The standard InChI is InChI=1S/C17H21N3/c1-11-4-5-14(8-12(11)2)16-9-13(3)19-17(20-16)15-6-7-18-10-15/h4-5,8-9,15,18H,6-7,10H2,1-3H3. The average Bonchev–Trinajstić information content (AvgIpc) is 2.95. The van der Waals surface area contributed by atoms with Crippen LogP contribution < -0.4 is 5.32 Å². The molecule has 3 nitrogen and oxygen atoms in total. The molecule has 1 unspecified atom stereocenters. The molecule has 0 bridgehead atoms. The van der Waals surface area contributed by atoms with Crippen LogP contribution in [0, 0.1) is 20.8 Å². The highest BCUT2D eigenvalue weighted by atomic mass is 15.0. The van der Waals surface area contributed by atoms with E-state index in [1.807, 2.05) is 0 Å². The first-order valence-electron chi connectivity index (χ1n) is 7.27. The summed E-state index contributed by atoms with van der Waals surface area (Å²) in [6.45, 7) is 8.41. The maximum Gasteiger partial charge on any atom is 0.133 e. The van der Waals surface area contributed by atoms with Crippen LogP contribution in [0.4, 0.5) is 0 Å². The summed E-state index contributed by atoms with van der Waals surface area (Å²) in [6.07, 6.45) is 1.13. The van der Waals surface area contributed by atoms with Crippen molar-refractivity contribution in [3.63, 3.8) is 0 Å². The van der Waals surface area contributed by atoms with Gasteiger partial charge in [-0.2, -0.15) is 0 Å². The van der Waals surface area contributed by atoms with Gasteiger partial charge in [0.2, 0.25) is 0 Å². The molecule has 1 N–H and O–H groups in total. The molecule has 2 heterocycles. The van der Waals surface area contributed by atoms with Crippen LogP contribution in [0.15, 0.2) is 24.3 Å². The highest BCUT2D eigenvalue weighted by Gasteiger charge is 2.20. The number of rotatable bonds is 2. The van der Waals surface area contributed by atoms with Crippen LogP contribution in [0.2, 0.25) is 0 Å². The fourth-order valence-electron chi connectivity index (χ4n) is 2.70. The molecule has 1 aromatic heterocycles. The van der Waals surface area contributed by atoms with Gasteiger partial charge in [0.25, 0.3) is 0 Å². The van der Waals surface area contributed by atoms with Gasteiger partial charge in [-0.05, 0) is 57.0 Å². The van der Waals surface area contributed by atoms with E-state index in [2.05, 4.69) is 55.3 Å². The second-order valence-electron chi connectivity index (χ2n) is 5.74. The van der Waals surface area contributed by atoms with Crippen LogP contribution in [0.1, 0.15) is 35.0 Å². The number of aryl methyl sites for hydroxylation is 3. The van der Waals surface area contributed by atoms with Crippen LogP contribution in [0.3, 0.4) is 0 Å². The van der Waals surface area contributed by atoms with Crippen LogP contribution >= 0.6 is 0 Å². The Morgan fingerprint density at radius 2 is 1.90 bits per heavy atom. The molecule has 1 aromatic carbocycles. The summed E-state index contributed by atoms with van der Waals surface area (Å²) in [5.41, 5.74) is 5.91. The summed E-state index contributed by atoms with van der Waals surface area (Å²) < 4.78 is 0. The number of nitrogens with zero attached hydrogens (tertiary/aromatic N) is 2. The van der Waals surface area contributed by atoms with E-state index < -0.39 is 0 Å². The van der Waals surface area contributed by atoms with E-state index in [0.29, 0.717) is 5.92 Å². The third-order valence-electron chi connectivity index (χ3n) is 4.10. The molecule has 1 aliphatic heterocycles. The predicted molar refractivity (Wildman–Crippen MR) is 81.9 cm³/mol. The number of hydrogen-bond donors (Lipinski definition) is 1. The first-order valence-corrected chi connectivity index (χ1v) is 7.27. The van der Waals surface area contributed by atoms with Gasteiger partial charge in [-0.3, -0.25) is 0 Å². The van der Waals surface area contributed by atoms with E-state index >= 15 is 0 Å². The average molecular weight is 267 g/mol. The van der Waals surface area contributed by atoms with Gasteiger partial charge in [-0.15, -0.1) is 0 Å². The first kappa shape index (κ1) is 13.3. The summed E-state index contributed by atoms with van der Waals surface area (Å²) in [6, 6.07) is 8.61. The third kappa shape index (κ3) is 2.59. The van der Waals surface area contributed by atoms with Gasteiger partial charge in [0.1, 0.15) is 5.82 Å². The van der Waals surface area contributed by atoms with E-state index in [-0.39, 0.29) is 0 Å². The Balaban J connectivity index is 2.02. The molecule has 2 aromatic rings. The predicted octanol–water partition coefficient (Wildman–Crippen LogP) is 3.15. The number of benzene rings is 1. The molecule has 1 saturated heterocycles. The zero-order valence-corrected chi connectivity index (χ0v) is 12.4. The summed E-state index contributed by atoms with van der Waals surface area (Å²) >= 11 is 0. The molecule has 0 saturated carbocycles. The molecule has 0 spiro atoms. The van der Waals surface area contributed by atoms with Gasteiger partial charge in [-0.1, -0.05) is 12.1 Å². The molecule has 0 aliphatic carbocycles. The smallest absolute Gasteiger partial charge is 0.133 e. The van der Waals surface area contributed by atoms with Crippen molar-refractivity contribution in [1.82, 2.24) is 15.3 Å². The Kier molecular flexibility index (Phi) is 3.53. The van der Waals surface area contributed by atoms with Crippen molar-refractivity contribution in [1.29, 1.82) is 0 Å². The van der Waals surface area contributed by atoms with E-state index in [1.165, 1.54) is 16.7 Å². The van der Waals surface area contributed by atoms with Crippen molar-refractivity contribution in [2.24, 2.45) is 0 Å². The Hall–Kier alpha value is -1.74. The van der Waals surface area contributed by atoms with Gasteiger partial charge in [0.05, 0.1) is 5.69 Å². The molecule has 3 heteroatoms. The lowest BCUT2D eigenvalue weighted by molar-refractivity contribution is 0.698. The zero-order chi connectivity index (χ0) is 14.1. The minimum atomic E-state index is 0.459. The van der Waals surface area contributed by atoms with E-state index in [4.69, 9.17) is 4.98 Å². The van der Waals surface area contributed by atoms with Crippen molar-refractivity contribution < 1.29 is 0 Å². The topological polar surface area (TPSA) is 37.8 Å². The molecule has 1 atom stereocenters. The van der Waals surface area contributed by atoms with Crippen molar-refractivity contribution in [3.8, 4) is 11.3 Å². The summed E-state index contributed by atoms with van der Waals surface area (Å²) in [5, 5.41) is 3.39. The van der Waals surface area contributed by atoms with E-state index in [1.54, 1.807) is 0 Å². The minimum absolute atomic E-state index is 0.459. The fourth-order valence-corrected chi connectivity index (χ4v) is 2.70. The first-order chi connectivity index (χ1) is 9.63. The second kappa shape index (κ2) is 5.33. The van der Waals surface area contributed by atoms with Gasteiger partial charge < -0.3 is 5.32 Å². The minimum Gasteiger partial charge on any atom is -0.316 e. The molecule has 0 radical (unpaired) electrons. The molecule has 1 aliphatic rings. The molecule has 1 fully saturated rings. The Morgan fingerprint density at radius 1 is 1.05 bits per heavy atom. The molecule has 104 valence electrons. The zero-order valence-electron chi connectivity index (χ0n) is 12.4. The van der Waals surface area contributed by atoms with Gasteiger partial charge in [0.15, 0.2) is 0 Å². The maximum absolute atomic E-state index is 4.81. The Labute approximate surface area is 120 Å². The summed E-state index contributed by atoms with van der Waals surface area (Å²) in [7, 11) is 0. The van der Waals surface area contributed by atoms with Crippen molar-refractivity contribution in [2.75, 3.05) is 13.1 Å². The summed E-state index contributed by atoms with van der Waals surface area (Å²) in [5.74, 6) is 1.45. The van der Waals surface area contributed by atoms with Crippen molar-refractivity contribution in [2.45, 2.75) is 33.1 Å². The van der Waals surface area contributed by atoms with E-state index in [0.717, 1.165) is 36.7 Å². The van der Waals surface area contributed by atoms with Crippen LogP contribution in [0.5, 0.6) is 0 Å². The Bertz CT molecular complexity index is 628. The number of aromatic nitrogens is 2. The van der Waals surface area contributed by atoms with Gasteiger partial charge in [-0.25, -0.2) is 9.97 Å². The Morgan fingerprint density at radius 3 is 2.60 bits per heavy atom. The van der Waals surface area contributed by atoms with Crippen LogP contribution in [0.25, 0.3) is 11.3 Å². The highest BCUT2D eigenvalue weighted by Crippen LogP contribution is 2.25. The maximum atomic E-state index is 4.81. The lowest BCUT2D eigenvalue weighted by Crippen LogP contribution is -2.11. The highest BCUT2D eigenvalue weighted by molar-refractivity contribution is 5.61. The van der Waals surface area contributed by atoms with Crippen LogP contribution in [-0.2, 0) is 0 Å². The normalized spacial score (nSPS) is 18.4. The fraction of sp³-hybridized carbons (Fsp3) is 0.412. The van der Waals surface area contributed by atoms with Crippen LogP contribution in [-0.4, -0.2) is 23.1 Å². The molecular formula is C17H21N3. The molecule has 3 rings (SSSR count). The summed E-state index contributed by atoms with van der Waals surface area (Å²) in [4.78, 5) is 9.44. The monoisotopic (exact) mass is 267 g/mol. The quantitative estimate of drug-likeness (QED) is 0.908. The van der Waals surface area contributed by atoms with Crippen molar-refractivity contribution >= 4 is 0 Å². The number of nitrogens with one attached hydrogen (secondary N) is 1. The lowest BCUT2D eigenvalue weighted by Gasteiger charge is -2.11. The second-order valence-corrected chi connectivity index (χ2v) is 5.74. The molecule has 0 amide bonds. The number of hydrogen-bond acceptors (Lipinski definition) is 3. The SMILES string of the molecule is Cc1cc(-c2ccc(C)c(C)c2)nc(C2CCNC2)n1. The van der Waals surface area contributed by atoms with Crippen molar-refractivity contribution in [3.05, 3.63) is 46.9 Å². The van der Waals surface area contributed by atoms with Gasteiger partial charge >= 0.3 is 0 Å². The van der Waals surface area contributed by atoms with Gasteiger partial charge in [0, 0.05) is 23.7 Å². The third-order valence-corrected chi connectivity index (χ3v) is 4.10. The van der Waals surface area contributed by atoms with E-state index in [9.17, 15) is 0 Å².